The van der Waals surface area contributed by atoms with Gasteiger partial charge in [-0.05, 0) is 49.8 Å². The molecule has 8 nitrogen and oxygen atoms in total. The number of methoxy groups -OCH3 is 1. The molecular formula is C25H41N3O5S. The molecule has 2 aliphatic rings. The topological polar surface area (TPSA) is 88.2 Å². The molecular weight excluding hydrogens is 454 g/mol. The van der Waals surface area contributed by atoms with Crippen LogP contribution in [0, 0.1) is 11.8 Å². The standard InChI is InChI=1S/C25H41N3O5S/c1-18-14-28(15-20-9-7-6-8-10-20)19(2)17-33-23-12-11-21(26-34(5,30)31)13-22(23)25(29)27(3)16-24(18)32-4/h11-13,18-20,24,26H,6-10,14-17H2,1-5H3/t18-,19-,24-/m0/s1. The van der Waals surface area contributed by atoms with Gasteiger partial charge in [0.15, 0.2) is 0 Å². The van der Waals surface area contributed by atoms with Gasteiger partial charge in [0.2, 0.25) is 10.0 Å². The van der Waals surface area contributed by atoms with Crippen LogP contribution in [0.1, 0.15) is 56.3 Å². The van der Waals surface area contributed by atoms with Crippen LogP contribution >= 0.6 is 0 Å². The normalized spacial score (nSPS) is 26.2. The van der Waals surface area contributed by atoms with E-state index in [9.17, 15) is 13.2 Å². The van der Waals surface area contributed by atoms with Crippen LogP contribution in [0.3, 0.4) is 0 Å². The van der Waals surface area contributed by atoms with E-state index >= 15 is 0 Å². The molecule has 1 aromatic rings. The summed E-state index contributed by atoms with van der Waals surface area (Å²) in [6, 6.07) is 5.02. The Hall–Kier alpha value is -1.84. The lowest BCUT2D eigenvalue weighted by Gasteiger charge is -2.38. The minimum atomic E-state index is -3.47. The van der Waals surface area contributed by atoms with Crippen LogP contribution in [0.25, 0.3) is 0 Å². The zero-order valence-electron chi connectivity index (χ0n) is 21.2. The summed E-state index contributed by atoms with van der Waals surface area (Å²) in [5, 5.41) is 0. The number of rotatable bonds is 5. The van der Waals surface area contributed by atoms with Crippen LogP contribution in [0.2, 0.25) is 0 Å². The highest BCUT2D eigenvalue weighted by molar-refractivity contribution is 7.92. The highest BCUT2D eigenvalue weighted by Gasteiger charge is 2.30. The zero-order chi connectivity index (χ0) is 24.9. The highest BCUT2D eigenvalue weighted by Crippen LogP contribution is 2.29. The number of hydrogen-bond acceptors (Lipinski definition) is 6. The molecule has 1 aliphatic heterocycles. The molecule has 34 heavy (non-hydrogen) atoms. The van der Waals surface area contributed by atoms with Crippen molar-refractivity contribution >= 4 is 21.6 Å². The van der Waals surface area contributed by atoms with Crippen molar-refractivity contribution in [3.05, 3.63) is 23.8 Å². The summed E-state index contributed by atoms with van der Waals surface area (Å²) < 4.78 is 37.9. The second kappa shape index (κ2) is 11.7. The lowest BCUT2D eigenvalue weighted by atomic mass is 9.88. The van der Waals surface area contributed by atoms with Crippen molar-refractivity contribution in [2.45, 2.75) is 58.1 Å². The summed E-state index contributed by atoms with van der Waals surface area (Å²) in [6.45, 7) is 7.17. The quantitative estimate of drug-likeness (QED) is 0.673. The SMILES string of the molecule is CO[C@H]1CN(C)C(=O)c2cc(NS(C)(=O)=O)ccc2OC[C@H](C)N(CC2CCCCC2)C[C@@H]1C. The number of anilines is 1. The largest absolute Gasteiger partial charge is 0.491 e. The average Bonchev–Trinajstić information content (AvgIpc) is 2.79. The Balaban J connectivity index is 1.91. The molecule has 3 rings (SSSR count). The summed E-state index contributed by atoms with van der Waals surface area (Å²) in [7, 11) is -0.0218. The van der Waals surface area contributed by atoms with Gasteiger partial charge >= 0.3 is 0 Å². The van der Waals surface area contributed by atoms with E-state index in [2.05, 4.69) is 23.5 Å². The fraction of sp³-hybridized carbons (Fsp3) is 0.720. The van der Waals surface area contributed by atoms with Crippen LogP contribution < -0.4 is 9.46 Å². The highest BCUT2D eigenvalue weighted by atomic mass is 32.2. The average molecular weight is 496 g/mol. The van der Waals surface area contributed by atoms with Crippen LogP contribution in [0.15, 0.2) is 18.2 Å². The Bertz CT molecular complexity index is 932. The minimum Gasteiger partial charge on any atom is -0.491 e. The maximum atomic E-state index is 13.3. The maximum Gasteiger partial charge on any atom is 0.257 e. The number of sulfonamides is 1. The molecule has 1 fully saturated rings. The molecule has 3 atom stereocenters. The summed E-state index contributed by atoms with van der Waals surface area (Å²) in [6.07, 6.45) is 7.49. The lowest BCUT2D eigenvalue weighted by molar-refractivity contribution is 0.00690. The van der Waals surface area contributed by atoms with Gasteiger partial charge in [0.25, 0.3) is 5.91 Å². The molecule has 1 amide bonds. The first-order valence-corrected chi connectivity index (χ1v) is 14.2. The van der Waals surface area contributed by atoms with Crippen LogP contribution in [0.4, 0.5) is 5.69 Å². The van der Waals surface area contributed by atoms with Crippen LogP contribution in [0.5, 0.6) is 5.75 Å². The first kappa shape index (κ1) is 26.8. The third-order valence-corrected chi connectivity index (χ3v) is 7.70. The summed E-state index contributed by atoms with van der Waals surface area (Å²) in [5.41, 5.74) is 0.674. The first-order chi connectivity index (χ1) is 16.1. The molecule has 1 N–H and O–H groups in total. The van der Waals surface area contributed by atoms with Crippen molar-refractivity contribution in [3.63, 3.8) is 0 Å². The molecule has 1 aromatic carbocycles. The molecule has 1 saturated carbocycles. The third-order valence-electron chi connectivity index (χ3n) is 7.09. The van der Waals surface area contributed by atoms with Crippen molar-refractivity contribution in [2.24, 2.45) is 11.8 Å². The van der Waals surface area contributed by atoms with Crippen molar-refractivity contribution in [3.8, 4) is 5.75 Å². The fourth-order valence-electron chi connectivity index (χ4n) is 5.08. The number of fused-ring (bicyclic) bond motifs is 1. The summed E-state index contributed by atoms with van der Waals surface area (Å²) in [4.78, 5) is 17.5. The Morgan fingerprint density at radius 2 is 1.85 bits per heavy atom. The van der Waals surface area contributed by atoms with Gasteiger partial charge in [0.05, 0.1) is 17.9 Å². The van der Waals surface area contributed by atoms with E-state index in [0.29, 0.717) is 36.1 Å². The van der Waals surface area contributed by atoms with Crippen molar-refractivity contribution < 1.29 is 22.7 Å². The van der Waals surface area contributed by atoms with Gasteiger partial charge in [0.1, 0.15) is 12.4 Å². The number of ether oxygens (including phenoxy) is 2. The Morgan fingerprint density at radius 1 is 1.15 bits per heavy atom. The number of hydrogen-bond donors (Lipinski definition) is 1. The molecule has 0 spiro atoms. The second-order valence-electron chi connectivity index (χ2n) is 10.1. The molecule has 1 aliphatic carbocycles. The molecule has 0 radical (unpaired) electrons. The summed E-state index contributed by atoms with van der Waals surface area (Å²) >= 11 is 0. The Labute approximate surface area is 205 Å². The second-order valence-corrected chi connectivity index (χ2v) is 11.9. The number of carbonyl (C=O) groups is 1. The first-order valence-electron chi connectivity index (χ1n) is 12.3. The Morgan fingerprint density at radius 3 is 2.50 bits per heavy atom. The Kier molecular flexibility index (Phi) is 9.23. The van der Waals surface area contributed by atoms with Gasteiger partial charge in [0, 0.05) is 45.5 Å². The number of amides is 1. The van der Waals surface area contributed by atoms with E-state index < -0.39 is 10.0 Å². The summed E-state index contributed by atoms with van der Waals surface area (Å²) in [5.74, 6) is 1.17. The number of carbonyl (C=O) groups excluding carboxylic acids is 1. The molecule has 9 heteroatoms. The molecule has 192 valence electrons. The van der Waals surface area contributed by atoms with Crippen molar-refractivity contribution in [1.82, 2.24) is 9.80 Å². The minimum absolute atomic E-state index is 0.115. The van der Waals surface area contributed by atoms with Gasteiger partial charge in [-0.3, -0.25) is 14.4 Å². The predicted octanol–water partition coefficient (Wildman–Crippen LogP) is 3.44. The number of likely N-dealkylation sites (N-methyl/N-ethyl adjacent to an activating group) is 1. The van der Waals surface area contributed by atoms with Crippen molar-refractivity contribution in [2.75, 3.05) is 51.4 Å². The molecule has 0 saturated heterocycles. The van der Waals surface area contributed by atoms with Gasteiger partial charge in [-0.25, -0.2) is 8.42 Å². The monoisotopic (exact) mass is 495 g/mol. The lowest BCUT2D eigenvalue weighted by Crippen LogP contribution is -2.48. The predicted molar refractivity (Wildman–Crippen MR) is 135 cm³/mol. The zero-order valence-corrected chi connectivity index (χ0v) is 22.1. The molecule has 0 aromatic heterocycles. The smallest absolute Gasteiger partial charge is 0.257 e. The van der Waals surface area contributed by atoms with Gasteiger partial charge < -0.3 is 14.4 Å². The van der Waals surface area contributed by atoms with E-state index in [-0.39, 0.29) is 24.0 Å². The number of nitrogens with one attached hydrogen (secondary N) is 1. The molecule has 1 heterocycles. The van der Waals surface area contributed by atoms with E-state index in [0.717, 1.165) is 19.3 Å². The maximum absolute atomic E-state index is 13.3. The third kappa shape index (κ3) is 7.33. The van der Waals surface area contributed by atoms with E-state index in [1.165, 1.54) is 32.1 Å². The van der Waals surface area contributed by atoms with Crippen molar-refractivity contribution in [1.29, 1.82) is 0 Å². The van der Waals surface area contributed by atoms with Gasteiger partial charge in [-0.1, -0.05) is 26.2 Å². The number of benzene rings is 1. The number of nitrogens with zero attached hydrogens (tertiary/aromatic N) is 2. The van der Waals surface area contributed by atoms with Gasteiger partial charge in [-0.15, -0.1) is 0 Å². The van der Waals surface area contributed by atoms with Crippen LogP contribution in [-0.2, 0) is 14.8 Å². The van der Waals surface area contributed by atoms with E-state index in [1.807, 2.05) is 0 Å². The van der Waals surface area contributed by atoms with Crippen LogP contribution in [-0.4, -0.2) is 82.9 Å². The molecule has 0 unspecified atom stereocenters. The van der Waals surface area contributed by atoms with E-state index in [4.69, 9.17) is 9.47 Å². The fourth-order valence-corrected chi connectivity index (χ4v) is 5.64. The van der Waals surface area contributed by atoms with Gasteiger partial charge in [-0.2, -0.15) is 0 Å². The molecule has 0 bridgehead atoms. The van der Waals surface area contributed by atoms with E-state index in [1.54, 1.807) is 37.3 Å².